The summed E-state index contributed by atoms with van der Waals surface area (Å²) in [5, 5.41) is 11.1. The van der Waals surface area contributed by atoms with Gasteiger partial charge < -0.3 is 14.7 Å². The van der Waals surface area contributed by atoms with E-state index in [1.807, 2.05) is 50.6 Å². The Morgan fingerprint density at radius 3 is 2.50 bits per heavy atom. The Morgan fingerprint density at radius 2 is 1.88 bits per heavy atom. The molecule has 1 saturated heterocycles. The number of aryl methyl sites for hydroxylation is 1. The van der Waals surface area contributed by atoms with Crippen molar-refractivity contribution in [2.24, 2.45) is 5.41 Å². The highest BCUT2D eigenvalue weighted by Gasteiger charge is 2.35. The number of aliphatic carboxylic acids is 1. The fourth-order valence-corrected chi connectivity index (χ4v) is 6.12. The molecule has 4 aromatic rings. The first-order valence-electron chi connectivity index (χ1n) is 13.7. The standard InChI is InChI=1S/C31H37FN4O3S/c1-19-15-24-34-23(27-33-17-22(40-27)16-20-7-9-21(32)10-8-20)18-36(24)28(35-13-11-31(5,6)12-14-35)25(19)26(29(37)38)39-30(2,3)4/h7-10,15,17-18,26H,11-14,16H2,1-6H3,(H,37,38). The van der Waals surface area contributed by atoms with Crippen LogP contribution < -0.4 is 4.90 Å². The molecule has 7 nitrogen and oxygen atoms in total. The lowest BCUT2D eigenvalue weighted by Gasteiger charge is -2.40. The molecule has 0 radical (unpaired) electrons. The van der Waals surface area contributed by atoms with E-state index in [-0.39, 0.29) is 11.2 Å². The van der Waals surface area contributed by atoms with E-state index in [0.29, 0.717) is 12.0 Å². The molecular formula is C31H37FN4O3S. The molecule has 1 fully saturated rings. The minimum Gasteiger partial charge on any atom is -0.479 e. The van der Waals surface area contributed by atoms with Crippen molar-refractivity contribution in [2.45, 2.75) is 72.5 Å². The molecule has 0 spiro atoms. The van der Waals surface area contributed by atoms with E-state index in [4.69, 9.17) is 9.72 Å². The van der Waals surface area contributed by atoms with Crippen molar-refractivity contribution in [3.63, 3.8) is 0 Å². The Hall–Kier alpha value is -3.30. The summed E-state index contributed by atoms with van der Waals surface area (Å²) in [7, 11) is 0. The van der Waals surface area contributed by atoms with Crippen LogP contribution in [0.25, 0.3) is 16.3 Å². The largest absolute Gasteiger partial charge is 0.479 e. The minimum absolute atomic E-state index is 0.232. The zero-order valence-corrected chi connectivity index (χ0v) is 24.8. The van der Waals surface area contributed by atoms with E-state index in [1.165, 1.54) is 12.1 Å². The number of thiazole rings is 1. The van der Waals surface area contributed by atoms with Crippen LogP contribution in [0.1, 0.15) is 75.1 Å². The molecule has 212 valence electrons. The SMILES string of the molecule is Cc1cc2nc(-c3ncc(Cc4ccc(F)cc4)s3)cn2c(N2CCC(C)(C)CC2)c1C(OC(C)(C)C)C(=O)O. The van der Waals surface area contributed by atoms with Crippen LogP contribution in [0.15, 0.2) is 42.7 Å². The molecule has 5 rings (SSSR count). The normalized spacial score (nSPS) is 16.4. The summed E-state index contributed by atoms with van der Waals surface area (Å²) in [6.07, 6.45) is 5.34. The fourth-order valence-electron chi connectivity index (χ4n) is 5.21. The van der Waals surface area contributed by atoms with Gasteiger partial charge in [-0.15, -0.1) is 11.3 Å². The van der Waals surface area contributed by atoms with Crippen molar-refractivity contribution in [1.82, 2.24) is 14.4 Å². The highest BCUT2D eigenvalue weighted by Crippen LogP contribution is 2.40. The second kappa shape index (κ2) is 10.6. The summed E-state index contributed by atoms with van der Waals surface area (Å²) in [6.45, 7) is 13.7. The average molecular weight is 565 g/mol. The molecule has 0 aliphatic carbocycles. The van der Waals surface area contributed by atoms with Gasteiger partial charge in [-0.05, 0) is 75.3 Å². The van der Waals surface area contributed by atoms with Gasteiger partial charge in [0.05, 0.1) is 5.60 Å². The van der Waals surface area contributed by atoms with Gasteiger partial charge in [0.15, 0.2) is 6.10 Å². The second-order valence-corrected chi connectivity index (χ2v) is 13.6. The van der Waals surface area contributed by atoms with Crippen LogP contribution in [-0.4, -0.2) is 44.1 Å². The Kier molecular flexibility index (Phi) is 7.48. The predicted molar refractivity (Wildman–Crippen MR) is 157 cm³/mol. The highest BCUT2D eigenvalue weighted by atomic mass is 32.1. The van der Waals surface area contributed by atoms with E-state index < -0.39 is 17.7 Å². The summed E-state index contributed by atoms with van der Waals surface area (Å²) in [5.41, 5.74) is 3.57. The zero-order valence-electron chi connectivity index (χ0n) is 24.0. The van der Waals surface area contributed by atoms with Gasteiger partial charge >= 0.3 is 5.97 Å². The summed E-state index contributed by atoms with van der Waals surface area (Å²) in [4.78, 5) is 25.5. The monoisotopic (exact) mass is 564 g/mol. The number of piperidine rings is 1. The molecule has 3 aromatic heterocycles. The molecule has 0 saturated carbocycles. The smallest absolute Gasteiger partial charge is 0.337 e. The number of benzene rings is 1. The number of halogens is 1. The number of carboxylic acids is 1. The topological polar surface area (TPSA) is 80.0 Å². The maximum atomic E-state index is 13.3. The third-order valence-electron chi connectivity index (χ3n) is 7.41. The molecule has 0 bridgehead atoms. The van der Waals surface area contributed by atoms with Crippen LogP contribution in [0.4, 0.5) is 10.2 Å². The van der Waals surface area contributed by atoms with Crippen molar-refractivity contribution in [2.75, 3.05) is 18.0 Å². The molecule has 0 amide bonds. The predicted octanol–water partition coefficient (Wildman–Crippen LogP) is 7.06. The van der Waals surface area contributed by atoms with Crippen LogP contribution in [0.2, 0.25) is 0 Å². The number of hydrogen-bond acceptors (Lipinski definition) is 6. The van der Waals surface area contributed by atoms with Crippen molar-refractivity contribution in [3.05, 3.63) is 70.1 Å². The number of aromatic nitrogens is 3. The van der Waals surface area contributed by atoms with E-state index in [2.05, 4.69) is 23.7 Å². The molecule has 1 unspecified atom stereocenters. The van der Waals surface area contributed by atoms with Gasteiger partial charge in [-0.2, -0.15) is 0 Å². The minimum atomic E-state index is -1.12. The number of hydrogen-bond donors (Lipinski definition) is 1. The Labute approximate surface area is 238 Å². The van der Waals surface area contributed by atoms with Crippen LogP contribution in [0.5, 0.6) is 0 Å². The number of anilines is 1. The third kappa shape index (κ3) is 6.05. The van der Waals surface area contributed by atoms with E-state index >= 15 is 0 Å². The summed E-state index contributed by atoms with van der Waals surface area (Å²) < 4.78 is 21.5. The Balaban J connectivity index is 1.59. The second-order valence-electron chi connectivity index (χ2n) is 12.5. The number of rotatable bonds is 7. The van der Waals surface area contributed by atoms with Crippen molar-refractivity contribution in [3.8, 4) is 10.7 Å². The summed E-state index contributed by atoms with van der Waals surface area (Å²) in [6, 6.07) is 8.45. The van der Waals surface area contributed by atoms with Gasteiger partial charge in [-0.25, -0.2) is 19.2 Å². The fraction of sp³-hybridized carbons (Fsp3) is 0.452. The first-order valence-corrected chi connectivity index (χ1v) is 14.5. The molecule has 40 heavy (non-hydrogen) atoms. The van der Waals surface area contributed by atoms with Crippen LogP contribution >= 0.6 is 11.3 Å². The number of nitrogens with zero attached hydrogens (tertiary/aromatic N) is 4. The Bertz CT molecular complexity index is 1520. The lowest BCUT2D eigenvalue weighted by Crippen LogP contribution is -2.40. The van der Waals surface area contributed by atoms with E-state index in [1.54, 1.807) is 23.5 Å². The van der Waals surface area contributed by atoms with Crippen molar-refractivity contribution < 1.29 is 19.0 Å². The van der Waals surface area contributed by atoms with Crippen molar-refractivity contribution in [1.29, 1.82) is 0 Å². The van der Waals surface area contributed by atoms with Gasteiger partial charge in [0, 0.05) is 42.3 Å². The zero-order chi connectivity index (χ0) is 28.8. The lowest BCUT2D eigenvalue weighted by molar-refractivity contribution is -0.160. The van der Waals surface area contributed by atoms with Gasteiger partial charge in [-0.1, -0.05) is 26.0 Å². The number of pyridine rings is 1. The van der Waals surface area contributed by atoms with E-state index in [0.717, 1.165) is 64.1 Å². The maximum absolute atomic E-state index is 13.3. The van der Waals surface area contributed by atoms with Gasteiger partial charge in [-0.3, -0.25) is 4.40 Å². The molecule has 1 N–H and O–H groups in total. The maximum Gasteiger partial charge on any atom is 0.337 e. The molecule has 9 heteroatoms. The van der Waals surface area contributed by atoms with Crippen LogP contribution in [-0.2, 0) is 16.0 Å². The number of fused-ring (bicyclic) bond motifs is 1. The average Bonchev–Trinajstić information content (AvgIpc) is 3.50. The highest BCUT2D eigenvalue weighted by molar-refractivity contribution is 7.15. The van der Waals surface area contributed by atoms with Gasteiger partial charge in [0.2, 0.25) is 0 Å². The molecule has 1 aliphatic heterocycles. The number of ether oxygens (including phenoxy) is 1. The Morgan fingerprint density at radius 1 is 1.20 bits per heavy atom. The van der Waals surface area contributed by atoms with Crippen LogP contribution in [0.3, 0.4) is 0 Å². The van der Waals surface area contributed by atoms with Gasteiger partial charge in [0.25, 0.3) is 0 Å². The molecular weight excluding hydrogens is 527 g/mol. The number of imidazole rings is 1. The quantitative estimate of drug-likeness (QED) is 0.259. The van der Waals surface area contributed by atoms with Crippen LogP contribution in [0, 0.1) is 18.2 Å². The number of carboxylic acid groups (broad SMARTS) is 1. The molecule has 1 atom stereocenters. The first-order chi connectivity index (χ1) is 18.8. The number of carbonyl (C=O) groups is 1. The molecule has 1 aliphatic rings. The molecule has 1 aromatic carbocycles. The van der Waals surface area contributed by atoms with Crippen molar-refractivity contribution >= 4 is 28.8 Å². The summed E-state index contributed by atoms with van der Waals surface area (Å²) in [5.74, 6) is -0.440. The third-order valence-corrected chi connectivity index (χ3v) is 8.43. The van der Waals surface area contributed by atoms with Gasteiger partial charge in [0.1, 0.15) is 28.0 Å². The van der Waals surface area contributed by atoms with E-state index in [9.17, 15) is 14.3 Å². The summed E-state index contributed by atoms with van der Waals surface area (Å²) >= 11 is 1.56. The lowest BCUT2D eigenvalue weighted by atomic mass is 9.82. The molecule has 4 heterocycles. The first kappa shape index (κ1) is 28.2.